The Labute approximate surface area is 107 Å². The molecule has 106 valence electrons. The van der Waals surface area contributed by atoms with Crippen LogP contribution in [0, 0.1) is 11.3 Å². The molecule has 3 nitrogen and oxygen atoms in total. The fraction of sp³-hybridized carbons (Fsp3) is 0.917. The predicted molar refractivity (Wildman–Crippen MR) is 65.1 cm³/mol. The number of hydrogen-bond donors (Lipinski definition) is 1. The lowest BCUT2D eigenvalue weighted by Crippen LogP contribution is -2.42. The normalized spacial score (nSPS) is 14.3. The third-order valence-electron chi connectivity index (χ3n) is 2.51. The minimum Gasteiger partial charge on any atom is -0.300 e. The van der Waals surface area contributed by atoms with E-state index in [1.165, 1.54) is 4.90 Å². The van der Waals surface area contributed by atoms with Crippen LogP contribution in [0.4, 0.5) is 13.2 Å². The topological polar surface area (TPSA) is 39.1 Å². The largest absolute Gasteiger partial charge is 0.401 e. The molecule has 0 aliphatic carbocycles. The standard InChI is InChI=1S/C12H22F3N3/c1-9(2)17-11(7-16)5-6-18(10(3)4)8-12(13,14)15/h9-11,17H,5-6,8H2,1-4H3. The van der Waals surface area contributed by atoms with Gasteiger partial charge in [-0.15, -0.1) is 0 Å². The molecular weight excluding hydrogens is 243 g/mol. The van der Waals surface area contributed by atoms with Gasteiger partial charge in [0, 0.05) is 18.6 Å². The van der Waals surface area contributed by atoms with Crippen molar-refractivity contribution in [1.29, 1.82) is 5.26 Å². The molecule has 1 unspecified atom stereocenters. The van der Waals surface area contributed by atoms with E-state index in [1.807, 2.05) is 13.8 Å². The van der Waals surface area contributed by atoms with E-state index in [1.54, 1.807) is 13.8 Å². The molecule has 0 aliphatic heterocycles. The molecule has 0 saturated carbocycles. The van der Waals surface area contributed by atoms with Crippen molar-refractivity contribution in [3.8, 4) is 6.07 Å². The second-order valence-corrected chi connectivity index (χ2v) is 4.97. The summed E-state index contributed by atoms with van der Waals surface area (Å²) in [6, 6.07) is 1.62. The molecule has 0 spiro atoms. The van der Waals surface area contributed by atoms with Crippen LogP contribution in [0.15, 0.2) is 0 Å². The highest BCUT2D eigenvalue weighted by atomic mass is 19.4. The molecule has 0 heterocycles. The van der Waals surface area contributed by atoms with Gasteiger partial charge in [-0.1, -0.05) is 0 Å². The maximum atomic E-state index is 12.4. The van der Waals surface area contributed by atoms with Crippen LogP contribution in [0.2, 0.25) is 0 Å². The number of alkyl halides is 3. The number of nitrogens with one attached hydrogen (secondary N) is 1. The smallest absolute Gasteiger partial charge is 0.300 e. The van der Waals surface area contributed by atoms with Gasteiger partial charge in [-0.3, -0.25) is 10.2 Å². The van der Waals surface area contributed by atoms with Crippen LogP contribution in [0.3, 0.4) is 0 Å². The summed E-state index contributed by atoms with van der Waals surface area (Å²) < 4.78 is 37.1. The molecular formula is C12H22F3N3. The third kappa shape index (κ3) is 8.31. The lowest BCUT2D eigenvalue weighted by atomic mass is 10.1. The van der Waals surface area contributed by atoms with Crippen molar-refractivity contribution >= 4 is 0 Å². The minimum absolute atomic E-state index is 0.143. The summed E-state index contributed by atoms with van der Waals surface area (Å²) in [4.78, 5) is 1.34. The second kappa shape index (κ2) is 7.59. The van der Waals surface area contributed by atoms with Gasteiger partial charge in [0.05, 0.1) is 18.7 Å². The first kappa shape index (κ1) is 17.2. The maximum Gasteiger partial charge on any atom is 0.401 e. The van der Waals surface area contributed by atoms with Crippen molar-refractivity contribution in [3.05, 3.63) is 0 Å². The first-order valence-electron chi connectivity index (χ1n) is 6.12. The molecule has 0 saturated heterocycles. The fourth-order valence-corrected chi connectivity index (χ4v) is 1.63. The van der Waals surface area contributed by atoms with Gasteiger partial charge in [-0.2, -0.15) is 18.4 Å². The van der Waals surface area contributed by atoms with Crippen LogP contribution in [-0.4, -0.2) is 42.3 Å². The first-order chi connectivity index (χ1) is 8.15. The van der Waals surface area contributed by atoms with Crippen molar-refractivity contribution in [3.63, 3.8) is 0 Å². The van der Waals surface area contributed by atoms with Gasteiger partial charge in [0.15, 0.2) is 0 Å². The van der Waals surface area contributed by atoms with Crippen molar-refractivity contribution in [1.82, 2.24) is 10.2 Å². The molecule has 0 aromatic rings. The number of halogens is 3. The van der Waals surface area contributed by atoms with Crippen molar-refractivity contribution < 1.29 is 13.2 Å². The van der Waals surface area contributed by atoms with E-state index in [0.29, 0.717) is 6.42 Å². The summed E-state index contributed by atoms with van der Waals surface area (Å²) in [7, 11) is 0. The minimum atomic E-state index is -4.20. The molecule has 1 atom stereocenters. The summed E-state index contributed by atoms with van der Waals surface area (Å²) >= 11 is 0. The molecule has 0 aliphatic rings. The van der Waals surface area contributed by atoms with Gasteiger partial charge in [0.25, 0.3) is 0 Å². The Hall–Kier alpha value is -0.800. The lowest BCUT2D eigenvalue weighted by molar-refractivity contribution is -0.149. The number of nitrogens with zero attached hydrogens (tertiary/aromatic N) is 2. The quantitative estimate of drug-likeness (QED) is 0.769. The Morgan fingerprint density at radius 3 is 2.11 bits per heavy atom. The summed E-state index contributed by atoms with van der Waals surface area (Å²) in [6.45, 7) is 6.59. The van der Waals surface area contributed by atoms with Crippen LogP contribution >= 0.6 is 0 Å². The van der Waals surface area contributed by atoms with Gasteiger partial charge in [-0.25, -0.2) is 0 Å². The van der Waals surface area contributed by atoms with Gasteiger partial charge in [0.2, 0.25) is 0 Å². The number of hydrogen-bond acceptors (Lipinski definition) is 3. The van der Waals surface area contributed by atoms with E-state index in [9.17, 15) is 13.2 Å². The second-order valence-electron chi connectivity index (χ2n) is 4.97. The van der Waals surface area contributed by atoms with Crippen LogP contribution in [0.5, 0.6) is 0 Å². The highest BCUT2D eigenvalue weighted by molar-refractivity contribution is 4.91. The summed E-state index contributed by atoms with van der Waals surface area (Å²) in [5, 5.41) is 11.9. The van der Waals surface area contributed by atoms with E-state index in [0.717, 1.165) is 0 Å². The molecule has 0 fully saturated rings. The van der Waals surface area contributed by atoms with E-state index in [-0.39, 0.29) is 18.6 Å². The van der Waals surface area contributed by atoms with Crippen LogP contribution in [-0.2, 0) is 0 Å². The average molecular weight is 265 g/mol. The zero-order valence-electron chi connectivity index (χ0n) is 11.4. The Kier molecular flexibility index (Phi) is 7.26. The third-order valence-corrected chi connectivity index (χ3v) is 2.51. The lowest BCUT2D eigenvalue weighted by Gasteiger charge is -2.28. The SMILES string of the molecule is CC(C)NC(C#N)CCN(CC(F)(F)F)C(C)C. The highest BCUT2D eigenvalue weighted by Gasteiger charge is 2.31. The number of rotatable bonds is 7. The molecule has 1 N–H and O–H groups in total. The van der Waals surface area contributed by atoms with Gasteiger partial charge >= 0.3 is 6.18 Å². The summed E-state index contributed by atoms with van der Waals surface area (Å²) in [6.07, 6.45) is -3.80. The molecule has 0 radical (unpaired) electrons. The first-order valence-corrected chi connectivity index (χ1v) is 6.12. The molecule has 6 heteroatoms. The van der Waals surface area contributed by atoms with Crippen molar-refractivity contribution in [2.45, 2.75) is 58.4 Å². The van der Waals surface area contributed by atoms with Gasteiger partial charge in [0.1, 0.15) is 0 Å². The monoisotopic (exact) mass is 265 g/mol. The molecule has 18 heavy (non-hydrogen) atoms. The Morgan fingerprint density at radius 2 is 1.78 bits per heavy atom. The zero-order valence-corrected chi connectivity index (χ0v) is 11.4. The van der Waals surface area contributed by atoms with E-state index in [4.69, 9.17) is 5.26 Å². The van der Waals surface area contributed by atoms with Crippen LogP contribution in [0.1, 0.15) is 34.1 Å². The zero-order chi connectivity index (χ0) is 14.3. The van der Waals surface area contributed by atoms with Crippen molar-refractivity contribution in [2.75, 3.05) is 13.1 Å². The molecule has 0 rings (SSSR count). The summed E-state index contributed by atoms with van der Waals surface area (Å²) in [5.41, 5.74) is 0. The molecule has 0 bridgehead atoms. The van der Waals surface area contributed by atoms with Crippen LogP contribution in [0.25, 0.3) is 0 Å². The fourth-order valence-electron chi connectivity index (χ4n) is 1.63. The maximum absolute atomic E-state index is 12.4. The van der Waals surface area contributed by atoms with E-state index in [2.05, 4.69) is 11.4 Å². The predicted octanol–water partition coefficient (Wildman–Crippen LogP) is 2.54. The Bertz CT molecular complexity index is 269. The van der Waals surface area contributed by atoms with Gasteiger partial charge in [-0.05, 0) is 34.1 Å². The van der Waals surface area contributed by atoms with Gasteiger partial charge < -0.3 is 0 Å². The van der Waals surface area contributed by atoms with E-state index < -0.39 is 18.8 Å². The van der Waals surface area contributed by atoms with Crippen LogP contribution < -0.4 is 5.32 Å². The highest BCUT2D eigenvalue weighted by Crippen LogP contribution is 2.18. The number of nitriles is 1. The Morgan fingerprint density at radius 1 is 1.22 bits per heavy atom. The molecule has 0 aromatic heterocycles. The van der Waals surface area contributed by atoms with E-state index >= 15 is 0 Å². The van der Waals surface area contributed by atoms with Crippen molar-refractivity contribution in [2.24, 2.45) is 0 Å². The Balaban J connectivity index is 4.30. The summed E-state index contributed by atoms with van der Waals surface area (Å²) in [5.74, 6) is 0. The molecule has 0 aromatic carbocycles. The average Bonchev–Trinajstić information content (AvgIpc) is 2.19. The molecule has 0 amide bonds.